The molecule has 1 aromatic carbocycles. The van der Waals surface area contributed by atoms with Crippen LogP contribution >= 0.6 is 11.3 Å². The highest BCUT2D eigenvalue weighted by Crippen LogP contribution is 2.27. The Morgan fingerprint density at radius 2 is 2.00 bits per heavy atom. The Hall–Kier alpha value is -1.18. The summed E-state index contributed by atoms with van der Waals surface area (Å²) in [5.74, 6) is 0.599. The zero-order valence-corrected chi connectivity index (χ0v) is 15.8. The Bertz CT molecular complexity index is 778. The Balaban J connectivity index is 1.47. The van der Waals surface area contributed by atoms with Gasteiger partial charge in [0.15, 0.2) is 0 Å². The molecular formula is C17H25N3O2S2. The van der Waals surface area contributed by atoms with Crippen molar-refractivity contribution in [3.05, 3.63) is 23.7 Å². The van der Waals surface area contributed by atoms with E-state index in [2.05, 4.69) is 27.2 Å². The molecule has 2 N–H and O–H groups in total. The maximum Gasteiger partial charge on any atom is 0.214 e. The number of hydrogen-bond donors (Lipinski definition) is 2. The summed E-state index contributed by atoms with van der Waals surface area (Å²) in [6.45, 7) is 4.38. The summed E-state index contributed by atoms with van der Waals surface area (Å²) < 4.78 is 27.9. The summed E-state index contributed by atoms with van der Waals surface area (Å²) in [6.07, 6.45) is 3.96. The largest absolute Gasteiger partial charge is 0.385 e. The number of sulfonamides is 1. The monoisotopic (exact) mass is 367 g/mol. The van der Waals surface area contributed by atoms with Gasteiger partial charge in [-0.15, -0.1) is 11.3 Å². The average molecular weight is 368 g/mol. The molecule has 1 fully saturated rings. The molecule has 0 aliphatic heterocycles. The number of thiazole rings is 1. The Kier molecular flexibility index (Phi) is 5.42. The Morgan fingerprint density at radius 3 is 2.71 bits per heavy atom. The summed E-state index contributed by atoms with van der Waals surface area (Å²) in [5, 5.41) is 3.16. The topological polar surface area (TPSA) is 71.1 Å². The second kappa shape index (κ2) is 7.37. The van der Waals surface area contributed by atoms with E-state index in [9.17, 15) is 8.42 Å². The first-order valence-corrected chi connectivity index (χ1v) is 10.9. The highest BCUT2D eigenvalue weighted by atomic mass is 32.2. The number of nitrogens with zero attached hydrogens (tertiary/aromatic N) is 1. The molecule has 1 aromatic heterocycles. The average Bonchev–Trinajstić information content (AvgIpc) is 3.01. The fraction of sp³-hybridized carbons (Fsp3) is 0.588. The first-order valence-electron chi connectivity index (χ1n) is 8.52. The van der Waals surface area contributed by atoms with Gasteiger partial charge in [-0.25, -0.2) is 18.1 Å². The molecule has 3 rings (SSSR count). The molecule has 0 bridgehead atoms. The van der Waals surface area contributed by atoms with Crippen molar-refractivity contribution in [2.75, 3.05) is 11.9 Å². The van der Waals surface area contributed by atoms with Crippen molar-refractivity contribution in [1.29, 1.82) is 0 Å². The third kappa shape index (κ3) is 4.26. The van der Waals surface area contributed by atoms with Crippen molar-refractivity contribution in [3.63, 3.8) is 0 Å². The minimum Gasteiger partial charge on any atom is -0.385 e. The maximum atomic E-state index is 11.9. The van der Waals surface area contributed by atoms with E-state index in [1.165, 1.54) is 4.70 Å². The van der Waals surface area contributed by atoms with Gasteiger partial charge in [-0.1, -0.05) is 0 Å². The van der Waals surface area contributed by atoms with Crippen LogP contribution in [0.5, 0.6) is 0 Å². The van der Waals surface area contributed by atoms with Gasteiger partial charge in [0.05, 0.1) is 21.0 Å². The lowest BCUT2D eigenvalue weighted by molar-refractivity contribution is 0.323. The third-order valence-corrected chi connectivity index (χ3v) is 7.42. The number of nitrogens with one attached hydrogen (secondary N) is 2. The van der Waals surface area contributed by atoms with Crippen molar-refractivity contribution >= 4 is 37.3 Å². The van der Waals surface area contributed by atoms with E-state index in [-0.39, 0.29) is 11.3 Å². The standard InChI is InChI=1S/C17H25N3O2S2/c1-12(2)24(21,22)20-14-5-3-13(4-6-14)10-18-15-7-8-16-17(9-15)23-11-19-16/h7-9,11-14,18,20H,3-6,10H2,1-2H3. The molecule has 5 nitrogen and oxygen atoms in total. The molecule has 1 aliphatic carbocycles. The van der Waals surface area contributed by atoms with E-state index in [0.717, 1.165) is 43.4 Å². The van der Waals surface area contributed by atoms with Gasteiger partial charge in [-0.3, -0.25) is 0 Å². The lowest BCUT2D eigenvalue weighted by Crippen LogP contribution is -2.41. The molecule has 132 valence electrons. The maximum absolute atomic E-state index is 11.9. The van der Waals surface area contributed by atoms with Gasteiger partial charge in [0, 0.05) is 18.3 Å². The fourth-order valence-electron chi connectivity index (χ4n) is 3.08. The van der Waals surface area contributed by atoms with E-state index in [1.807, 2.05) is 11.6 Å². The number of benzene rings is 1. The molecule has 0 radical (unpaired) electrons. The smallest absolute Gasteiger partial charge is 0.214 e. The summed E-state index contributed by atoms with van der Waals surface area (Å²) in [5.41, 5.74) is 4.05. The molecule has 7 heteroatoms. The van der Waals surface area contributed by atoms with Crippen LogP contribution in [0.25, 0.3) is 10.2 Å². The van der Waals surface area contributed by atoms with Gasteiger partial charge in [0.2, 0.25) is 10.0 Å². The van der Waals surface area contributed by atoms with E-state index < -0.39 is 10.0 Å². The lowest BCUT2D eigenvalue weighted by atomic mass is 9.86. The quantitative estimate of drug-likeness (QED) is 0.818. The van der Waals surface area contributed by atoms with Crippen molar-refractivity contribution in [1.82, 2.24) is 9.71 Å². The van der Waals surface area contributed by atoms with Crippen LogP contribution in [0.4, 0.5) is 5.69 Å². The highest BCUT2D eigenvalue weighted by Gasteiger charge is 2.26. The third-order valence-electron chi connectivity index (χ3n) is 4.72. The second-order valence-corrected chi connectivity index (χ2v) is 10.00. The lowest BCUT2D eigenvalue weighted by Gasteiger charge is -2.29. The van der Waals surface area contributed by atoms with Crippen LogP contribution in [-0.2, 0) is 10.0 Å². The zero-order chi connectivity index (χ0) is 17.2. The van der Waals surface area contributed by atoms with Gasteiger partial charge in [0.1, 0.15) is 0 Å². The van der Waals surface area contributed by atoms with E-state index in [1.54, 1.807) is 25.2 Å². The van der Waals surface area contributed by atoms with Crippen LogP contribution in [0.3, 0.4) is 0 Å². The first kappa shape index (κ1) is 17.6. The fourth-order valence-corrected chi connectivity index (χ4v) is 4.77. The van der Waals surface area contributed by atoms with Crippen LogP contribution in [0, 0.1) is 5.92 Å². The summed E-state index contributed by atoms with van der Waals surface area (Å²) in [4.78, 5) is 4.29. The van der Waals surface area contributed by atoms with Gasteiger partial charge < -0.3 is 5.32 Å². The van der Waals surface area contributed by atoms with Gasteiger partial charge >= 0.3 is 0 Å². The number of rotatable bonds is 6. The van der Waals surface area contributed by atoms with Gasteiger partial charge in [-0.05, 0) is 63.6 Å². The van der Waals surface area contributed by atoms with Gasteiger partial charge in [-0.2, -0.15) is 0 Å². The van der Waals surface area contributed by atoms with Crippen molar-refractivity contribution < 1.29 is 8.42 Å². The molecule has 0 amide bonds. The molecule has 24 heavy (non-hydrogen) atoms. The van der Waals surface area contributed by atoms with Crippen LogP contribution in [0.15, 0.2) is 23.7 Å². The molecule has 1 heterocycles. The van der Waals surface area contributed by atoms with Crippen LogP contribution < -0.4 is 10.0 Å². The number of anilines is 1. The summed E-state index contributed by atoms with van der Waals surface area (Å²) >= 11 is 1.65. The summed E-state index contributed by atoms with van der Waals surface area (Å²) in [7, 11) is -3.16. The molecule has 1 aliphatic rings. The molecule has 0 spiro atoms. The predicted molar refractivity (Wildman–Crippen MR) is 101 cm³/mol. The minimum atomic E-state index is -3.16. The summed E-state index contributed by atoms with van der Waals surface area (Å²) in [6, 6.07) is 6.37. The van der Waals surface area contributed by atoms with Crippen LogP contribution in [-0.4, -0.2) is 31.2 Å². The minimum absolute atomic E-state index is 0.0993. The second-order valence-electron chi connectivity index (χ2n) is 6.85. The SMILES string of the molecule is CC(C)S(=O)(=O)NC1CCC(CNc2ccc3ncsc3c2)CC1. The van der Waals surface area contributed by atoms with Crippen molar-refractivity contribution in [3.8, 4) is 0 Å². The zero-order valence-electron chi connectivity index (χ0n) is 14.2. The number of fused-ring (bicyclic) bond motifs is 1. The van der Waals surface area contributed by atoms with Crippen molar-refractivity contribution in [2.45, 2.75) is 50.8 Å². The Morgan fingerprint density at radius 1 is 1.25 bits per heavy atom. The Labute approximate surface area is 147 Å². The molecule has 1 saturated carbocycles. The number of hydrogen-bond acceptors (Lipinski definition) is 5. The first-order chi connectivity index (χ1) is 11.4. The number of aromatic nitrogens is 1. The molecule has 0 atom stereocenters. The van der Waals surface area contributed by atoms with Crippen molar-refractivity contribution in [2.24, 2.45) is 5.92 Å². The molecule has 2 aromatic rings. The molecule has 0 saturated heterocycles. The van der Waals surface area contributed by atoms with Crippen LogP contribution in [0.2, 0.25) is 0 Å². The van der Waals surface area contributed by atoms with Gasteiger partial charge in [0.25, 0.3) is 0 Å². The van der Waals surface area contributed by atoms with Crippen LogP contribution in [0.1, 0.15) is 39.5 Å². The molecular weight excluding hydrogens is 342 g/mol. The molecule has 0 unspecified atom stereocenters. The van der Waals surface area contributed by atoms with E-state index >= 15 is 0 Å². The normalized spacial score (nSPS) is 22.1. The predicted octanol–water partition coefficient (Wildman–Crippen LogP) is 3.59. The highest BCUT2D eigenvalue weighted by molar-refractivity contribution is 7.90. The van der Waals surface area contributed by atoms with E-state index in [0.29, 0.717) is 5.92 Å². The van der Waals surface area contributed by atoms with E-state index in [4.69, 9.17) is 0 Å².